The Morgan fingerprint density at radius 1 is 0.972 bits per heavy atom. The number of aromatic nitrogens is 4. The van der Waals surface area contributed by atoms with Crippen LogP contribution in [0.15, 0.2) is 26.2 Å². The van der Waals surface area contributed by atoms with E-state index in [0.29, 0.717) is 0 Å². The number of carboxylic acid groups (broad SMARTS) is 1. The van der Waals surface area contributed by atoms with Crippen LogP contribution in [-0.2, 0) is 33.0 Å². The summed E-state index contributed by atoms with van der Waals surface area (Å²) >= 11 is 20.1. The van der Waals surface area contributed by atoms with E-state index in [-0.39, 0.29) is 41.5 Å². The maximum Gasteiger partial charge on any atom is 0.341 e. The predicted molar refractivity (Wildman–Crippen MR) is 140 cm³/mol. The molecule has 2 heterocycles. The molecule has 0 amide bonds. The van der Waals surface area contributed by atoms with Crippen molar-refractivity contribution in [1.82, 2.24) is 18.3 Å². The van der Waals surface area contributed by atoms with Gasteiger partial charge in [-0.3, -0.25) is 27.9 Å². The number of benzene rings is 1. The zero-order valence-corrected chi connectivity index (χ0v) is 23.2. The van der Waals surface area contributed by atoms with Crippen molar-refractivity contribution in [3.63, 3.8) is 0 Å². The van der Waals surface area contributed by atoms with Crippen LogP contribution in [-0.4, -0.2) is 46.2 Å². The molecule has 0 unspecified atom stereocenters. The molecule has 0 saturated carbocycles. The van der Waals surface area contributed by atoms with Gasteiger partial charge < -0.3 is 20.1 Å². The van der Waals surface area contributed by atoms with Crippen LogP contribution in [0.2, 0.25) is 5.02 Å². The van der Waals surface area contributed by atoms with E-state index in [0.717, 1.165) is 9.13 Å². The van der Waals surface area contributed by atoms with Gasteiger partial charge in [0.1, 0.15) is 0 Å². The van der Waals surface area contributed by atoms with Gasteiger partial charge in [0.15, 0.2) is 21.9 Å². The fourth-order valence-corrected chi connectivity index (χ4v) is 5.05. The summed E-state index contributed by atoms with van der Waals surface area (Å²) in [6, 6.07) is 2.78. The first-order valence-electron chi connectivity index (χ1n) is 10.0. The average molecular weight is 620 g/mol. The summed E-state index contributed by atoms with van der Waals surface area (Å²) in [7, 11) is 5.68. The number of hydrogen-bond acceptors (Lipinski definition) is 8. The van der Waals surface area contributed by atoms with Crippen LogP contribution in [0.25, 0.3) is 0 Å². The summed E-state index contributed by atoms with van der Waals surface area (Å²) in [6.07, 6.45) is 0. The minimum atomic E-state index is -1.35. The van der Waals surface area contributed by atoms with Gasteiger partial charge in [0.05, 0.1) is 26.5 Å². The SMILES string of the molecule is Cn1c(O)c(C(c2cc(Cl)c(OCC(=O)O)c(Br)c2)c2c(O)n(C)c(=S)n(C)c2=O)c(=O)n(C)c1=S. The van der Waals surface area contributed by atoms with Gasteiger partial charge in [-0.2, -0.15) is 0 Å². The molecule has 3 rings (SSSR count). The Hall–Kier alpha value is -2.94. The van der Waals surface area contributed by atoms with E-state index < -0.39 is 41.4 Å². The van der Waals surface area contributed by atoms with Gasteiger partial charge in [0.25, 0.3) is 11.1 Å². The molecule has 0 aliphatic heterocycles. The predicted octanol–water partition coefficient (Wildman–Crippen LogP) is 2.69. The number of carboxylic acids is 1. The normalized spacial score (nSPS) is 11.2. The maximum absolute atomic E-state index is 13.4. The molecule has 0 bridgehead atoms. The molecule has 0 radical (unpaired) electrons. The topological polar surface area (TPSA) is 141 Å². The third-order valence-electron chi connectivity index (χ3n) is 5.61. The first-order valence-corrected chi connectivity index (χ1v) is 12.0. The summed E-state index contributed by atoms with van der Waals surface area (Å²) < 4.78 is 10.1. The van der Waals surface area contributed by atoms with Crippen molar-refractivity contribution < 1.29 is 24.9 Å². The lowest BCUT2D eigenvalue weighted by molar-refractivity contribution is -0.139. The van der Waals surface area contributed by atoms with E-state index in [9.17, 15) is 24.6 Å². The van der Waals surface area contributed by atoms with E-state index in [1.165, 1.54) is 49.5 Å². The molecule has 0 aliphatic carbocycles. The Labute approximate surface area is 227 Å². The van der Waals surface area contributed by atoms with Crippen molar-refractivity contribution >= 4 is 57.9 Å². The van der Waals surface area contributed by atoms with Gasteiger partial charge in [0, 0.05) is 28.2 Å². The largest absolute Gasteiger partial charge is 0.494 e. The van der Waals surface area contributed by atoms with Gasteiger partial charge >= 0.3 is 5.97 Å². The van der Waals surface area contributed by atoms with Crippen molar-refractivity contribution in [3.05, 3.63) is 68.6 Å². The van der Waals surface area contributed by atoms with E-state index in [4.69, 9.17) is 45.9 Å². The number of nitrogens with zero attached hydrogens (tertiary/aromatic N) is 4. The fourth-order valence-electron chi connectivity index (χ4n) is 3.72. The second kappa shape index (κ2) is 10.2. The minimum absolute atomic E-state index is 0.00809. The molecule has 11 nitrogen and oxygen atoms in total. The van der Waals surface area contributed by atoms with Crippen molar-refractivity contribution in [2.45, 2.75) is 5.92 Å². The molecule has 2 aromatic heterocycles. The highest BCUT2D eigenvalue weighted by Gasteiger charge is 2.33. The monoisotopic (exact) mass is 618 g/mol. The Morgan fingerprint density at radius 3 is 1.81 bits per heavy atom. The summed E-state index contributed by atoms with van der Waals surface area (Å²) in [6.45, 7) is -0.671. The van der Waals surface area contributed by atoms with Crippen LogP contribution < -0.4 is 15.9 Å². The van der Waals surface area contributed by atoms with Crippen LogP contribution in [0.4, 0.5) is 0 Å². The molecular weight excluding hydrogens is 600 g/mol. The van der Waals surface area contributed by atoms with Crippen molar-refractivity contribution in [2.24, 2.45) is 28.2 Å². The Balaban J connectivity index is 2.51. The van der Waals surface area contributed by atoms with E-state index in [1.807, 2.05) is 0 Å². The highest BCUT2D eigenvalue weighted by atomic mass is 79.9. The third-order valence-corrected chi connectivity index (χ3v) is 7.57. The smallest absolute Gasteiger partial charge is 0.341 e. The zero-order chi connectivity index (χ0) is 27.2. The molecule has 0 aliphatic rings. The number of halogens is 2. The Kier molecular flexibility index (Phi) is 7.83. The van der Waals surface area contributed by atoms with Crippen molar-refractivity contribution in [3.8, 4) is 17.5 Å². The molecule has 15 heteroatoms. The minimum Gasteiger partial charge on any atom is -0.494 e. The third kappa shape index (κ3) is 4.61. The zero-order valence-electron chi connectivity index (χ0n) is 19.3. The Morgan fingerprint density at radius 2 is 1.42 bits per heavy atom. The molecule has 0 spiro atoms. The number of hydrogen-bond donors (Lipinski definition) is 3. The quantitative estimate of drug-likeness (QED) is 0.355. The van der Waals surface area contributed by atoms with Crippen molar-refractivity contribution in [2.75, 3.05) is 6.61 Å². The van der Waals surface area contributed by atoms with Crippen LogP contribution in [0.1, 0.15) is 22.6 Å². The number of carbonyl (C=O) groups is 1. The molecular formula is C21H20BrClN4O7S2. The van der Waals surface area contributed by atoms with Crippen LogP contribution in [0.3, 0.4) is 0 Å². The lowest BCUT2D eigenvalue weighted by Crippen LogP contribution is -2.33. The van der Waals surface area contributed by atoms with E-state index in [2.05, 4.69) is 15.9 Å². The van der Waals surface area contributed by atoms with Gasteiger partial charge in [0.2, 0.25) is 11.8 Å². The van der Waals surface area contributed by atoms with E-state index >= 15 is 0 Å². The Bertz CT molecular complexity index is 1550. The highest BCUT2D eigenvalue weighted by Crippen LogP contribution is 2.42. The van der Waals surface area contributed by atoms with E-state index in [1.54, 1.807) is 0 Å². The lowest BCUT2D eigenvalue weighted by atomic mass is 9.86. The lowest BCUT2D eigenvalue weighted by Gasteiger charge is -2.24. The maximum atomic E-state index is 13.4. The van der Waals surface area contributed by atoms with Crippen LogP contribution in [0.5, 0.6) is 17.5 Å². The summed E-state index contributed by atoms with van der Waals surface area (Å²) in [4.78, 5) is 37.7. The summed E-state index contributed by atoms with van der Waals surface area (Å²) in [5.74, 6) is -3.63. The average Bonchev–Trinajstić information content (AvgIpc) is 2.82. The molecule has 36 heavy (non-hydrogen) atoms. The number of aromatic hydroxyl groups is 2. The highest BCUT2D eigenvalue weighted by molar-refractivity contribution is 9.10. The molecule has 0 fully saturated rings. The number of rotatable bonds is 6. The van der Waals surface area contributed by atoms with Gasteiger partial charge in [-0.05, 0) is 58.1 Å². The van der Waals surface area contributed by atoms with Crippen LogP contribution in [0, 0.1) is 9.54 Å². The number of aliphatic carboxylic acids is 1. The first-order chi connectivity index (χ1) is 16.7. The second-order valence-corrected chi connectivity index (χ2v) is 9.81. The van der Waals surface area contributed by atoms with Crippen LogP contribution >= 0.6 is 52.0 Å². The molecule has 3 aromatic rings. The molecule has 192 valence electrons. The first kappa shape index (κ1) is 27.6. The summed E-state index contributed by atoms with van der Waals surface area (Å²) in [5.41, 5.74) is -1.76. The molecule has 3 N–H and O–H groups in total. The van der Waals surface area contributed by atoms with Gasteiger partial charge in [-0.1, -0.05) is 11.6 Å². The molecule has 0 saturated heterocycles. The number of ether oxygens (including phenoxy) is 1. The summed E-state index contributed by atoms with van der Waals surface area (Å²) in [5, 5.41) is 30.9. The fraction of sp³-hybridized carbons (Fsp3) is 0.286. The molecule has 1 aromatic carbocycles. The van der Waals surface area contributed by atoms with Crippen molar-refractivity contribution in [1.29, 1.82) is 0 Å². The van der Waals surface area contributed by atoms with Gasteiger partial charge in [-0.25, -0.2) is 4.79 Å². The molecule has 0 atom stereocenters. The second-order valence-electron chi connectivity index (χ2n) is 7.82. The standard InChI is InChI=1S/C21H20BrClN4O7S2/c1-24-16(30)13(17(31)25(2)20(24)35)12(14-18(32)26(3)21(36)27(4)19(14)33)8-5-9(22)15(10(23)6-8)34-7-11(28)29/h5-6,12,30,32H,7H2,1-4H3,(H,28,29). The van der Waals surface area contributed by atoms with Gasteiger partial charge in [-0.15, -0.1) is 0 Å².